The number of aryl methyl sites for hydroxylation is 1. The highest BCUT2D eigenvalue weighted by atomic mass is 32.1. The highest BCUT2D eigenvalue weighted by Crippen LogP contribution is 2.35. The van der Waals surface area contributed by atoms with Crippen LogP contribution in [0.1, 0.15) is 31.2 Å². The molecule has 1 aromatic heterocycles. The number of ether oxygens (including phenoxy) is 2. The number of carbonyl (C=O) groups is 2. The third-order valence-corrected chi connectivity index (χ3v) is 4.80. The van der Waals surface area contributed by atoms with Gasteiger partial charge in [0.25, 0.3) is 0 Å². The van der Waals surface area contributed by atoms with Gasteiger partial charge in [0.1, 0.15) is 16.4 Å². The molecule has 5 heteroatoms. The van der Waals surface area contributed by atoms with Gasteiger partial charge < -0.3 is 9.47 Å². The molecule has 0 amide bonds. The average Bonchev–Trinajstić information content (AvgIpc) is 3.26. The number of hydrogen-bond donors (Lipinski definition) is 0. The largest absolute Gasteiger partial charge is 0.452 e. The Bertz CT molecular complexity index is 1010. The molecule has 26 heavy (non-hydrogen) atoms. The summed E-state index contributed by atoms with van der Waals surface area (Å²) in [5.74, 6) is 0.373. The van der Waals surface area contributed by atoms with Gasteiger partial charge in [-0.25, -0.2) is 4.79 Å². The Labute approximate surface area is 154 Å². The SMILES string of the molecule is Cc1ccc(C=C2Oc3cc(OC(=O)c4cccs4)ccc3C2=O)cc1. The number of benzene rings is 2. The smallest absolute Gasteiger partial charge is 0.353 e. The summed E-state index contributed by atoms with van der Waals surface area (Å²) in [6.07, 6.45) is 1.71. The van der Waals surface area contributed by atoms with Gasteiger partial charge in [0.15, 0.2) is 5.76 Å². The molecule has 0 bridgehead atoms. The van der Waals surface area contributed by atoms with Crippen LogP contribution in [0, 0.1) is 6.92 Å². The van der Waals surface area contributed by atoms with Gasteiger partial charge in [-0.3, -0.25) is 4.79 Å². The summed E-state index contributed by atoms with van der Waals surface area (Å²) >= 11 is 1.31. The number of hydrogen-bond acceptors (Lipinski definition) is 5. The molecule has 1 aliphatic rings. The molecule has 2 aromatic carbocycles. The van der Waals surface area contributed by atoms with Gasteiger partial charge in [-0.05, 0) is 42.1 Å². The van der Waals surface area contributed by atoms with Crippen LogP contribution in [0.25, 0.3) is 6.08 Å². The van der Waals surface area contributed by atoms with Crippen molar-refractivity contribution < 1.29 is 19.1 Å². The molecule has 4 rings (SSSR count). The molecule has 1 aliphatic heterocycles. The number of allylic oxidation sites excluding steroid dienone is 1. The molecule has 0 N–H and O–H groups in total. The Hall–Kier alpha value is -3.18. The molecule has 0 spiro atoms. The van der Waals surface area contributed by atoms with Crippen molar-refractivity contribution >= 4 is 29.2 Å². The second-order valence-corrected chi connectivity index (χ2v) is 6.82. The van der Waals surface area contributed by atoms with Crippen LogP contribution in [0.2, 0.25) is 0 Å². The summed E-state index contributed by atoms with van der Waals surface area (Å²) in [7, 11) is 0. The maximum absolute atomic E-state index is 12.5. The van der Waals surface area contributed by atoms with Gasteiger partial charge >= 0.3 is 5.97 Å². The zero-order chi connectivity index (χ0) is 18.1. The highest BCUT2D eigenvalue weighted by Gasteiger charge is 2.28. The first kappa shape index (κ1) is 16.3. The number of ketones is 1. The summed E-state index contributed by atoms with van der Waals surface area (Å²) in [5.41, 5.74) is 2.49. The highest BCUT2D eigenvalue weighted by molar-refractivity contribution is 7.12. The fraction of sp³-hybridized carbons (Fsp3) is 0.0476. The quantitative estimate of drug-likeness (QED) is 0.378. The minimum Gasteiger partial charge on any atom is -0.452 e. The van der Waals surface area contributed by atoms with Crippen molar-refractivity contribution in [3.63, 3.8) is 0 Å². The molecule has 128 valence electrons. The van der Waals surface area contributed by atoms with Crippen molar-refractivity contribution in [1.29, 1.82) is 0 Å². The first-order valence-corrected chi connectivity index (χ1v) is 8.89. The third-order valence-electron chi connectivity index (χ3n) is 3.95. The van der Waals surface area contributed by atoms with E-state index in [1.165, 1.54) is 11.3 Å². The van der Waals surface area contributed by atoms with E-state index in [0.29, 0.717) is 21.9 Å². The van der Waals surface area contributed by atoms with Crippen LogP contribution in [-0.2, 0) is 0 Å². The standard InChI is InChI=1S/C21H14O4S/c1-13-4-6-14(7-5-13)11-18-20(22)16-9-8-15(12-17(16)25-18)24-21(23)19-3-2-10-26-19/h2-12H,1H3. The number of rotatable bonds is 3. The molecular formula is C21H14O4S. The van der Waals surface area contributed by atoms with E-state index >= 15 is 0 Å². The predicted octanol–water partition coefficient (Wildman–Crippen LogP) is 4.89. The fourth-order valence-electron chi connectivity index (χ4n) is 2.60. The van der Waals surface area contributed by atoms with Crippen molar-refractivity contribution in [2.75, 3.05) is 0 Å². The lowest BCUT2D eigenvalue weighted by atomic mass is 10.1. The molecule has 0 saturated carbocycles. The maximum atomic E-state index is 12.5. The van der Waals surface area contributed by atoms with Gasteiger partial charge in [-0.2, -0.15) is 0 Å². The normalized spacial score (nSPS) is 14.2. The molecule has 0 unspecified atom stereocenters. The molecule has 0 saturated heterocycles. The van der Waals surface area contributed by atoms with E-state index in [1.807, 2.05) is 36.6 Å². The molecule has 3 aromatic rings. The molecule has 0 radical (unpaired) electrons. The number of Topliss-reactive ketones (excluding diaryl/α,β-unsaturated/α-hetero) is 1. The summed E-state index contributed by atoms with van der Waals surface area (Å²) < 4.78 is 11.0. The number of carbonyl (C=O) groups excluding carboxylic acids is 2. The molecular weight excluding hydrogens is 348 g/mol. The molecule has 2 heterocycles. The van der Waals surface area contributed by atoms with Crippen molar-refractivity contribution in [3.8, 4) is 11.5 Å². The van der Waals surface area contributed by atoms with Gasteiger partial charge in [0.2, 0.25) is 5.78 Å². The van der Waals surface area contributed by atoms with E-state index in [9.17, 15) is 9.59 Å². The Balaban J connectivity index is 1.56. The van der Waals surface area contributed by atoms with Crippen molar-refractivity contribution in [1.82, 2.24) is 0 Å². The Morgan fingerprint density at radius 1 is 1.12 bits per heavy atom. The van der Waals surface area contributed by atoms with Crippen LogP contribution in [-0.4, -0.2) is 11.8 Å². The first-order valence-electron chi connectivity index (χ1n) is 8.01. The number of thiophene rings is 1. The van der Waals surface area contributed by atoms with Gasteiger partial charge in [0.05, 0.1) is 5.56 Å². The zero-order valence-corrected chi connectivity index (χ0v) is 14.7. The van der Waals surface area contributed by atoms with Crippen LogP contribution in [0.3, 0.4) is 0 Å². The lowest BCUT2D eigenvalue weighted by Gasteiger charge is -2.04. The van der Waals surface area contributed by atoms with E-state index in [-0.39, 0.29) is 11.5 Å². The van der Waals surface area contributed by atoms with Gasteiger partial charge in [0, 0.05) is 6.07 Å². The Morgan fingerprint density at radius 2 is 1.92 bits per heavy atom. The van der Waals surface area contributed by atoms with Crippen molar-refractivity contribution in [2.24, 2.45) is 0 Å². The summed E-state index contributed by atoms with van der Waals surface area (Å²) in [6.45, 7) is 2.00. The monoisotopic (exact) mass is 362 g/mol. The van der Waals surface area contributed by atoms with E-state index in [1.54, 1.807) is 36.4 Å². The molecule has 0 atom stereocenters. The lowest BCUT2D eigenvalue weighted by Crippen LogP contribution is -2.06. The zero-order valence-electron chi connectivity index (χ0n) is 13.9. The predicted molar refractivity (Wildman–Crippen MR) is 99.8 cm³/mol. The molecule has 4 nitrogen and oxygen atoms in total. The maximum Gasteiger partial charge on any atom is 0.353 e. The van der Waals surface area contributed by atoms with E-state index in [2.05, 4.69) is 0 Å². The van der Waals surface area contributed by atoms with Crippen LogP contribution in [0.15, 0.2) is 65.7 Å². The van der Waals surface area contributed by atoms with Crippen molar-refractivity contribution in [2.45, 2.75) is 6.92 Å². The topological polar surface area (TPSA) is 52.6 Å². The van der Waals surface area contributed by atoms with Crippen LogP contribution in [0.5, 0.6) is 11.5 Å². The van der Waals surface area contributed by atoms with Crippen LogP contribution >= 0.6 is 11.3 Å². The average molecular weight is 362 g/mol. The van der Waals surface area contributed by atoms with E-state index in [0.717, 1.165) is 11.1 Å². The third kappa shape index (κ3) is 3.17. The summed E-state index contributed by atoms with van der Waals surface area (Å²) in [4.78, 5) is 25.0. The van der Waals surface area contributed by atoms with E-state index < -0.39 is 5.97 Å². The second-order valence-electron chi connectivity index (χ2n) is 5.88. The number of fused-ring (bicyclic) bond motifs is 1. The summed E-state index contributed by atoms with van der Waals surface area (Å²) in [5, 5.41) is 1.81. The Kier molecular flexibility index (Phi) is 4.14. The first-order chi connectivity index (χ1) is 12.6. The van der Waals surface area contributed by atoms with E-state index in [4.69, 9.17) is 9.47 Å². The van der Waals surface area contributed by atoms with Gasteiger partial charge in [-0.1, -0.05) is 35.9 Å². The minimum atomic E-state index is -0.431. The minimum absolute atomic E-state index is 0.184. The second kappa shape index (κ2) is 6.61. The molecule has 0 fully saturated rings. The number of esters is 1. The van der Waals surface area contributed by atoms with Crippen LogP contribution < -0.4 is 9.47 Å². The lowest BCUT2D eigenvalue weighted by molar-refractivity contribution is 0.0739. The summed E-state index contributed by atoms with van der Waals surface area (Å²) in [6, 6.07) is 16.1. The fourth-order valence-corrected chi connectivity index (χ4v) is 3.20. The van der Waals surface area contributed by atoms with Crippen molar-refractivity contribution in [3.05, 3.63) is 87.3 Å². The van der Waals surface area contributed by atoms with Gasteiger partial charge in [-0.15, -0.1) is 11.3 Å². The molecule has 0 aliphatic carbocycles. The Morgan fingerprint density at radius 3 is 2.65 bits per heavy atom. The van der Waals surface area contributed by atoms with Crippen LogP contribution in [0.4, 0.5) is 0 Å².